The number of piperidine rings is 1. The molecule has 152 valence electrons. The highest BCUT2D eigenvalue weighted by atomic mass is 35.5. The first-order chi connectivity index (χ1) is 12.4. The van der Waals surface area contributed by atoms with Gasteiger partial charge in [0.05, 0.1) is 18.9 Å². The van der Waals surface area contributed by atoms with Crippen LogP contribution >= 0.6 is 12.4 Å². The molecule has 1 atom stereocenters. The summed E-state index contributed by atoms with van der Waals surface area (Å²) in [6, 6.07) is 4.13. The number of halogens is 1. The van der Waals surface area contributed by atoms with E-state index >= 15 is 0 Å². The maximum absolute atomic E-state index is 12.5. The van der Waals surface area contributed by atoms with E-state index in [-0.39, 0.29) is 30.1 Å². The highest BCUT2D eigenvalue weighted by Crippen LogP contribution is 2.23. The van der Waals surface area contributed by atoms with Crippen molar-refractivity contribution >= 4 is 24.2 Å². The highest BCUT2D eigenvalue weighted by molar-refractivity contribution is 5.85. The van der Waals surface area contributed by atoms with E-state index < -0.39 is 0 Å². The summed E-state index contributed by atoms with van der Waals surface area (Å²) >= 11 is 0. The minimum Gasteiger partial charge on any atom is -0.493 e. The lowest BCUT2D eigenvalue weighted by Crippen LogP contribution is -2.46. The first-order valence-electron chi connectivity index (χ1n) is 9.38. The van der Waals surface area contributed by atoms with E-state index in [2.05, 4.69) is 18.3 Å². The molecule has 1 aromatic carbocycles. The standard InChI is InChI=1S/C20H31N3O3.ClH/c1-14-11-15(2)16(3)18(12-14)26-10-6-19(24)23-9-4-5-17(13-23)20(25)22-8-7-21;/h11-12,17H,4-10,13,21H2,1-3H3,(H,22,25);1H. The molecular weight excluding hydrogens is 366 g/mol. The number of hydrogen-bond acceptors (Lipinski definition) is 4. The molecule has 1 heterocycles. The van der Waals surface area contributed by atoms with Gasteiger partial charge in [0.1, 0.15) is 5.75 Å². The molecule has 1 aromatic rings. The summed E-state index contributed by atoms with van der Waals surface area (Å²) in [6.07, 6.45) is 1.99. The molecule has 0 saturated carbocycles. The second kappa shape index (κ2) is 11.1. The van der Waals surface area contributed by atoms with Crippen LogP contribution in [-0.4, -0.2) is 49.5 Å². The van der Waals surface area contributed by atoms with Gasteiger partial charge in [-0.05, 0) is 56.4 Å². The summed E-state index contributed by atoms with van der Waals surface area (Å²) in [5, 5.41) is 2.82. The fourth-order valence-electron chi connectivity index (χ4n) is 3.31. The monoisotopic (exact) mass is 397 g/mol. The van der Waals surface area contributed by atoms with Crippen molar-refractivity contribution in [3.63, 3.8) is 0 Å². The van der Waals surface area contributed by atoms with E-state index in [0.29, 0.717) is 39.2 Å². The van der Waals surface area contributed by atoms with Gasteiger partial charge >= 0.3 is 0 Å². The molecule has 1 aliphatic heterocycles. The number of benzene rings is 1. The summed E-state index contributed by atoms with van der Waals surface area (Å²) in [5.74, 6) is 0.744. The van der Waals surface area contributed by atoms with Crippen molar-refractivity contribution < 1.29 is 14.3 Å². The largest absolute Gasteiger partial charge is 0.493 e. The van der Waals surface area contributed by atoms with Gasteiger partial charge in [-0.1, -0.05) is 6.07 Å². The van der Waals surface area contributed by atoms with Gasteiger partial charge in [0.15, 0.2) is 0 Å². The third-order valence-corrected chi connectivity index (χ3v) is 4.93. The second-order valence-electron chi connectivity index (χ2n) is 7.06. The quantitative estimate of drug-likeness (QED) is 0.738. The van der Waals surface area contributed by atoms with Crippen molar-refractivity contribution in [2.45, 2.75) is 40.0 Å². The van der Waals surface area contributed by atoms with Gasteiger partial charge < -0.3 is 20.7 Å². The Morgan fingerprint density at radius 2 is 2.04 bits per heavy atom. The van der Waals surface area contributed by atoms with Crippen molar-refractivity contribution in [2.75, 3.05) is 32.8 Å². The second-order valence-corrected chi connectivity index (χ2v) is 7.06. The van der Waals surface area contributed by atoms with Crippen molar-refractivity contribution in [3.8, 4) is 5.75 Å². The van der Waals surface area contributed by atoms with Gasteiger partial charge in [-0.25, -0.2) is 0 Å². The predicted molar refractivity (Wildman–Crippen MR) is 109 cm³/mol. The van der Waals surface area contributed by atoms with E-state index in [9.17, 15) is 9.59 Å². The molecule has 1 saturated heterocycles. The van der Waals surface area contributed by atoms with E-state index in [1.54, 1.807) is 4.90 Å². The lowest BCUT2D eigenvalue weighted by Gasteiger charge is -2.32. The number of nitrogens with two attached hydrogens (primary N) is 1. The van der Waals surface area contributed by atoms with Crippen LogP contribution in [-0.2, 0) is 9.59 Å². The molecule has 0 spiro atoms. The number of nitrogens with zero attached hydrogens (tertiary/aromatic N) is 1. The number of amides is 2. The van der Waals surface area contributed by atoms with Crippen LogP contribution in [0.5, 0.6) is 5.75 Å². The molecule has 1 aliphatic rings. The van der Waals surface area contributed by atoms with Gasteiger partial charge in [-0.3, -0.25) is 9.59 Å². The molecule has 2 amide bonds. The summed E-state index contributed by atoms with van der Waals surface area (Å²) in [4.78, 5) is 26.4. The Bertz CT molecular complexity index is 652. The van der Waals surface area contributed by atoms with Gasteiger partial charge in [0.25, 0.3) is 0 Å². The minimum atomic E-state index is -0.137. The van der Waals surface area contributed by atoms with Crippen LogP contribution in [0.1, 0.15) is 36.0 Å². The number of carbonyl (C=O) groups is 2. The zero-order valence-electron chi connectivity index (χ0n) is 16.5. The Morgan fingerprint density at radius 1 is 1.30 bits per heavy atom. The molecule has 0 radical (unpaired) electrons. The zero-order chi connectivity index (χ0) is 19.1. The number of nitrogens with one attached hydrogen (secondary N) is 1. The number of rotatable bonds is 7. The molecule has 2 rings (SSSR count). The fraction of sp³-hybridized carbons (Fsp3) is 0.600. The van der Waals surface area contributed by atoms with Crippen LogP contribution in [0.15, 0.2) is 12.1 Å². The molecule has 0 aliphatic carbocycles. The summed E-state index contributed by atoms with van der Waals surface area (Å²) in [7, 11) is 0. The van der Waals surface area contributed by atoms with Crippen LogP contribution in [0.25, 0.3) is 0 Å². The number of ether oxygens (including phenoxy) is 1. The Labute approximate surface area is 168 Å². The molecule has 0 bridgehead atoms. The molecule has 27 heavy (non-hydrogen) atoms. The van der Waals surface area contributed by atoms with Crippen LogP contribution in [0, 0.1) is 26.7 Å². The molecule has 6 nitrogen and oxygen atoms in total. The number of aryl methyl sites for hydroxylation is 2. The molecular formula is C20H32ClN3O3. The summed E-state index contributed by atoms with van der Waals surface area (Å²) in [6.45, 7) is 8.57. The van der Waals surface area contributed by atoms with E-state index in [1.807, 2.05) is 19.9 Å². The fourth-order valence-corrected chi connectivity index (χ4v) is 3.31. The maximum atomic E-state index is 12.5. The first-order valence-corrected chi connectivity index (χ1v) is 9.38. The molecule has 0 aromatic heterocycles. The van der Waals surface area contributed by atoms with Crippen molar-refractivity contribution in [1.29, 1.82) is 0 Å². The topological polar surface area (TPSA) is 84.7 Å². The van der Waals surface area contributed by atoms with E-state index in [1.165, 1.54) is 5.56 Å². The average molecular weight is 398 g/mol. The van der Waals surface area contributed by atoms with Crippen molar-refractivity contribution in [1.82, 2.24) is 10.2 Å². The van der Waals surface area contributed by atoms with Gasteiger partial charge in [0.2, 0.25) is 11.8 Å². The van der Waals surface area contributed by atoms with Crippen molar-refractivity contribution in [3.05, 3.63) is 28.8 Å². The predicted octanol–water partition coefficient (Wildman–Crippen LogP) is 2.12. The smallest absolute Gasteiger partial charge is 0.226 e. The molecule has 3 N–H and O–H groups in total. The highest BCUT2D eigenvalue weighted by Gasteiger charge is 2.28. The normalized spacial score (nSPS) is 16.4. The van der Waals surface area contributed by atoms with Crippen LogP contribution in [0.4, 0.5) is 0 Å². The van der Waals surface area contributed by atoms with E-state index in [4.69, 9.17) is 10.5 Å². The Morgan fingerprint density at radius 3 is 2.74 bits per heavy atom. The molecule has 7 heteroatoms. The zero-order valence-corrected chi connectivity index (χ0v) is 17.4. The summed E-state index contributed by atoms with van der Waals surface area (Å²) in [5.41, 5.74) is 8.87. The third-order valence-electron chi connectivity index (χ3n) is 4.93. The lowest BCUT2D eigenvalue weighted by molar-refractivity contribution is -0.136. The lowest BCUT2D eigenvalue weighted by atomic mass is 9.97. The Hall–Kier alpha value is -1.79. The molecule has 1 fully saturated rings. The van der Waals surface area contributed by atoms with Crippen molar-refractivity contribution in [2.24, 2.45) is 11.7 Å². The third kappa shape index (κ3) is 6.70. The Balaban J connectivity index is 0.00000364. The van der Waals surface area contributed by atoms with Gasteiger partial charge in [-0.2, -0.15) is 0 Å². The first kappa shape index (κ1) is 23.2. The van der Waals surface area contributed by atoms with Gasteiger partial charge in [0, 0.05) is 26.2 Å². The minimum absolute atomic E-state index is 0. The SMILES string of the molecule is Cc1cc(C)c(C)c(OCCC(=O)N2CCCC(C(=O)NCCN)C2)c1.Cl. The number of likely N-dealkylation sites (tertiary alicyclic amines) is 1. The van der Waals surface area contributed by atoms with Gasteiger partial charge in [-0.15, -0.1) is 12.4 Å². The van der Waals surface area contributed by atoms with Crippen LogP contribution in [0.2, 0.25) is 0 Å². The maximum Gasteiger partial charge on any atom is 0.226 e. The van der Waals surface area contributed by atoms with Crippen LogP contribution in [0.3, 0.4) is 0 Å². The van der Waals surface area contributed by atoms with Crippen LogP contribution < -0.4 is 15.8 Å². The average Bonchev–Trinajstić information content (AvgIpc) is 2.63. The number of hydrogen-bond donors (Lipinski definition) is 2. The number of carbonyl (C=O) groups excluding carboxylic acids is 2. The Kier molecular flexibility index (Phi) is 9.60. The summed E-state index contributed by atoms with van der Waals surface area (Å²) < 4.78 is 5.85. The van der Waals surface area contributed by atoms with E-state index in [0.717, 1.165) is 29.7 Å². The molecule has 1 unspecified atom stereocenters.